The summed E-state index contributed by atoms with van der Waals surface area (Å²) in [6.07, 6.45) is 0. The van der Waals surface area contributed by atoms with E-state index in [0.29, 0.717) is 11.1 Å². The maximum atomic E-state index is 14.1. The van der Waals surface area contributed by atoms with Crippen molar-refractivity contribution < 1.29 is 4.79 Å². The summed E-state index contributed by atoms with van der Waals surface area (Å²) in [5.41, 5.74) is 1.38. The first-order valence-corrected chi connectivity index (χ1v) is 12.0. The molecule has 6 aromatic carbocycles. The zero-order valence-corrected chi connectivity index (χ0v) is 20.1. The van der Waals surface area contributed by atoms with E-state index in [0.717, 1.165) is 41.3 Å². The number of halogens is 2. The second-order valence-corrected chi connectivity index (χ2v) is 9.72. The van der Waals surface area contributed by atoms with E-state index in [4.69, 9.17) is 0 Å². The molecule has 0 aliphatic heterocycles. The number of hydrogen-bond acceptors (Lipinski definition) is 1. The summed E-state index contributed by atoms with van der Waals surface area (Å²) in [5.74, 6) is 0.00510. The van der Waals surface area contributed by atoms with E-state index < -0.39 is 0 Å². The minimum absolute atomic E-state index is 0.00510. The maximum absolute atomic E-state index is 14.1. The average Bonchev–Trinajstić information content (AvgIpc) is 2.81. The highest BCUT2D eigenvalue weighted by Gasteiger charge is 2.21. The fourth-order valence-corrected chi connectivity index (χ4v) is 5.61. The van der Waals surface area contributed by atoms with Crippen LogP contribution in [0.5, 0.6) is 0 Å². The minimum Gasteiger partial charge on any atom is -0.288 e. The van der Waals surface area contributed by atoms with Gasteiger partial charge in [0.15, 0.2) is 5.78 Å². The number of carbonyl (C=O) groups is 1. The fourth-order valence-electron chi connectivity index (χ4n) is 4.56. The zero-order valence-electron chi connectivity index (χ0n) is 16.9. The Kier molecular flexibility index (Phi) is 4.63. The van der Waals surface area contributed by atoms with Gasteiger partial charge in [0.25, 0.3) is 0 Å². The third-order valence-electron chi connectivity index (χ3n) is 6.12. The van der Waals surface area contributed by atoms with E-state index in [1.807, 2.05) is 36.4 Å². The van der Waals surface area contributed by atoms with Gasteiger partial charge in [0.1, 0.15) is 0 Å². The number of benzene rings is 6. The molecule has 0 saturated heterocycles. The van der Waals surface area contributed by atoms with Crippen LogP contribution in [0.4, 0.5) is 0 Å². The monoisotopic (exact) mass is 538 g/mol. The van der Waals surface area contributed by atoms with Crippen LogP contribution in [0.25, 0.3) is 43.1 Å². The van der Waals surface area contributed by atoms with Gasteiger partial charge in [0.2, 0.25) is 0 Å². The highest BCUT2D eigenvalue weighted by molar-refractivity contribution is 9.11. The summed E-state index contributed by atoms with van der Waals surface area (Å²) in [7, 11) is 0. The summed E-state index contributed by atoms with van der Waals surface area (Å²) in [5, 5.41) is 8.58. The Morgan fingerprint density at radius 3 is 1.25 bits per heavy atom. The largest absolute Gasteiger partial charge is 0.288 e. The first-order valence-electron chi connectivity index (χ1n) is 10.4. The molecule has 6 rings (SSSR count). The van der Waals surface area contributed by atoms with Crippen LogP contribution in [0.3, 0.4) is 0 Å². The van der Waals surface area contributed by atoms with Crippen molar-refractivity contribution in [3.05, 3.63) is 117 Å². The average molecular weight is 540 g/mol. The summed E-state index contributed by atoms with van der Waals surface area (Å²) < 4.78 is 1.60. The molecule has 0 aromatic heterocycles. The SMILES string of the molecule is O=C(c1c(Br)ccc2cc3ccccc3cc12)c1c(Br)ccc2cc3ccccc3cc12. The van der Waals surface area contributed by atoms with Crippen LogP contribution in [0.1, 0.15) is 15.9 Å². The highest BCUT2D eigenvalue weighted by Crippen LogP contribution is 2.36. The quantitative estimate of drug-likeness (QED) is 0.158. The molecule has 0 heterocycles. The van der Waals surface area contributed by atoms with Crippen molar-refractivity contribution in [3.8, 4) is 0 Å². The minimum atomic E-state index is 0.00510. The molecule has 0 saturated carbocycles. The van der Waals surface area contributed by atoms with Crippen molar-refractivity contribution in [2.75, 3.05) is 0 Å². The highest BCUT2D eigenvalue weighted by atomic mass is 79.9. The van der Waals surface area contributed by atoms with E-state index >= 15 is 0 Å². The van der Waals surface area contributed by atoms with Crippen molar-refractivity contribution in [2.24, 2.45) is 0 Å². The van der Waals surface area contributed by atoms with E-state index in [9.17, 15) is 4.79 Å². The van der Waals surface area contributed by atoms with Crippen LogP contribution < -0.4 is 0 Å². The first kappa shape index (κ1) is 19.7. The Morgan fingerprint density at radius 1 is 0.469 bits per heavy atom. The molecule has 0 unspecified atom stereocenters. The van der Waals surface area contributed by atoms with Crippen LogP contribution in [0, 0.1) is 0 Å². The van der Waals surface area contributed by atoms with Gasteiger partial charge in [0.05, 0.1) is 0 Å². The number of rotatable bonds is 2. The van der Waals surface area contributed by atoms with Gasteiger partial charge in [-0.15, -0.1) is 0 Å². The van der Waals surface area contributed by atoms with E-state index in [-0.39, 0.29) is 5.78 Å². The third kappa shape index (κ3) is 3.08. The normalized spacial score (nSPS) is 11.6. The lowest BCUT2D eigenvalue weighted by Gasteiger charge is -2.14. The molecule has 1 nitrogen and oxygen atoms in total. The van der Waals surface area contributed by atoms with Crippen molar-refractivity contribution >= 4 is 80.7 Å². The summed E-state index contributed by atoms with van der Waals surface area (Å²) >= 11 is 7.34. The van der Waals surface area contributed by atoms with Crippen molar-refractivity contribution in [1.82, 2.24) is 0 Å². The summed E-state index contributed by atoms with van der Waals surface area (Å²) in [6, 6.07) is 33.1. The topological polar surface area (TPSA) is 17.1 Å². The lowest BCUT2D eigenvalue weighted by molar-refractivity contribution is 0.104. The molecular weight excluding hydrogens is 524 g/mol. The number of hydrogen-bond donors (Lipinski definition) is 0. The molecule has 0 amide bonds. The van der Waals surface area contributed by atoms with Gasteiger partial charge in [-0.1, -0.05) is 92.5 Å². The zero-order chi connectivity index (χ0) is 21.8. The Hall–Kier alpha value is -3.01. The molecule has 6 aromatic rings. The molecule has 152 valence electrons. The summed E-state index contributed by atoms with van der Waals surface area (Å²) in [4.78, 5) is 14.1. The first-order chi connectivity index (χ1) is 15.6. The lowest BCUT2D eigenvalue weighted by Crippen LogP contribution is -2.06. The lowest BCUT2D eigenvalue weighted by atomic mass is 9.91. The second-order valence-electron chi connectivity index (χ2n) is 8.01. The van der Waals surface area contributed by atoms with E-state index in [1.54, 1.807) is 0 Å². The molecule has 0 bridgehead atoms. The van der Waals surface area contributed by atoms with Crippen LogP contribution >= 0.6 is 31.9 Å². The van der Waals surface area contributed by atoms with Crippen LogP contribution in [0.15, 0.2) is 106 Å². The molecule has 32 heavy (non-hydrogen) atoms. The van der Waals surface area contributed by atoms with Crippen molar-refractivity contribution in [3.63, 3.8) is 0 Å². The maximum Gasteiger partial charge on any atom is 0.196 e. The molecule has 0 atom stereocenters. The molecule has 0 fully saturated rings. The van der Waals surface area contributed by atoms with Gasteiger partial charge in [-0.3, -0.25) is 4.79 Å². The fraction of sp³-hybridized carbons (Fsp3) is 0. The van der Waals surface area contributed by atoms with E-state index in [1.165, 1.54) is 10.8 Å². The van der Waals surface area contributed by atoms with Crippen LogP contribution in [0.2, 0.25) is 0 Å². The Bertz CT molecular complexity index is 1590. The van der Waals surface area contributed by atoms with Gasteiger partial charge in [-0.25, -0.2) is 0 Å². The van der Waals surface area contributed by atoms with Gasteiger partial charge >= 0.3 is 0 Å². The predicted molar refractivity (Wildman–Crippen MR) is 142 cm³/mol. The van der Waals surface area contributed by atoms with Gasteiger partial charge in [-0.05, 0) is 79.5 Å². The number of carbonyl (C=O) groups excluding carboxylic acids is 1. The molecule has 0 radical (unpaired) electrons. The summed E-state index contributed by atoms with van der Waals surface area (Å²) in [6.45, 7) is 0. The molecule has 3 heteroatoms. The number of fused-ring (bicyclic) bond motifs is 4. The Balaban J connectivity index is 1.67. The van der Waals surface area contributed by atoms with Crippen molar-refractivity contribution in [2.45, 2.75) is 0 Å². The second kappa shape index (κ2) is 7.54. The molecular formula is C29H16Br2O. The van der Waals surface area contributed by atoms with Crippen molar-refractivity contribution in [1.29, 1.82) is 0 Å². The molecule has 0 aliphatic rings. The van der Waals surface area contributed by atoms with Gasteiger partial charge < -0.3 is 0 Å². The predicted octanol–water partition coefficient (Wildman–Crippen LogP) is 9.06. The van der Waals surface area contributed by atoms with Crippen LogP contribution in [-0.2, 0) is 0 Å². The van der Waals surface area contributed by atoms with Crippen LogP contribution in [-0.4, -0.2) is 5.78 Å². The molecule has 0 aliphatic carbocycles. The standard InChI is InChI=1S/C29H16Br2O/c30-25-11-9-21-13-17-5-1-3-7-19(17)15-23(21)27(25)29(32)28-24-16-20-8-4-2-6-18(20)14-22(24)10-12-26(28)31/h1-16H. The molecule has 0 spiro atoms. The smallest absolute Gasteiger partial charge is 0.196 e. The Labute approximate surface area is 201 Å². The van der Waals surface area contributed by atoms with Gasteiger partial charge in [-0.2, -0.15) is 0 Å². The number of ketones is 1. The van der Waals surface area contributed by atoms with Gasteiger partial charge in [0, 0.05) is 20.1 Å². The van der Waals surface area contributed by atoms with E-state index in [2.05, 4.69) is 92.5 Å². The third-order valence-corrected chi connectivity index (χ3v) is 7.45. The Morgan fingerprint density at radius 2 is 0.844 bits per heavy atom. The molecule has 0 N–H and O–H groups in total.